The molecule has 1 aromatic rings. The van der Waals surface area contributed by atoms with Crippen molar-refractivity contribution < 1.29 is 14.7 Å². The van der Waals surface area contributed by atoms with E-state index in [1.165, 1.54) is 0 Å². The fourth-order valence-corrected chi connectivity index (χ4v) is 2.24. The van der Waals surface area contributed by atoms with Crippen molar-refractivity contribution in [2.75, 3.05) is 0 Å². The molecule has 0 saturated carbocycles. The minimum Gasteiger partial charge on any atom is -0.480 e. The van der Waals surface area contributed by atoms with E-state index in [0.717, 1.165) is 15.6 Å². The van der Waals surface area contributed by atoms with Crippen LogP contribution in [0.5, 0.6) is 0 Å². The van der Waals surface area contributed by atoms with E-state index in [9.17, 15) is 9.59 Å². The molecular weight excluding hydrogens is 310 g/mol. The van der Waals surface area contributed by atoms with Crippen molar-refractivity contribution in [1.82, 2.24) is 5.32 Å². The van der Waals surface area contributed by atoms with Crippen molar-refractivity contribution in [1.29, 1.82) is 0 Å². The van der Waals surface area contributed by atoms with Gasteiger partial charge >= 0.3 is 5.97 Å². The molecule has 1 aromatic carbocycles. The van der Waals surface area contributed by atoms with Gasteiger partial charge in [0.15, 0.2) is 0 Å². The smallest absolute Gasteiger partial charge is 0.326 e. The van der Waals surface area contributed by atoms with Gasteiger partial charge in [-0.2, -0.15) is 0 Å². The van der Waals surface area contributed by atoms with Gasteiger partial charge in [-0.15, -0.1) is 0 Å². The maximum atomic E-state index is 11.9. The summed E-state index contributed by atoms with van der Waals surface area (Å²) in [5, 5.41) is 11.6. The van der Waals surface area contributed by atoms with Crippen LogP contribution < -0.4 is 5.32 Å². The molecule has 0 bridgehead atoms. The molecule has 0 heterocycles. The normalized spacial score (nSPS) is 12.3. The SMILES string of the molecule is Cc1cc(Br)ccc1CC(=O)NC(C(=O)O)C(C)C. The highest BCUT2D eigenvalue weighted by Gasteiger charge is 2.23. The molecule has 0 aromatic heterocycles. The van der Waals surface area contributed by atoms with Crippen molar-refractivity contribution in [2.24, 2.45) is 5.92 Å². The number of carbonyl (C=O) groups is 2. The number of aryl methyl sites for hydroxylation is 1. The number of halogens is 1. The Balaban J connectivity index is 2.72. The molecule has 0 aliphatic carbocycles. The number of amides is 1. The number of rotatable bonds is 5. The lowest BCUT2D eigenvalue weighted by atomic mass is 10.0. The molecule has 0 saturated heterocycles. The highest BCUT2D eigenvalue weighted by atomic mass is 79.9. The molecule has 0 aliphatic heterocycles. The monoisotopic (exact) mass is 327 g/mol. The Morgan fingerprint density at radius 3 is 2.47 bits per heavy atom. The van der Waals surface area contributed by atoms with Crippen LogP contribution in [0.3, 0.4) is 0 Å². The van der Waals surface area contributed by atoms with E-state index in [4.69, 9.17) is 5.11 Å². The van der Waals surface area contributed by atoms with E-state index >= 15 is 0 Å². The largest absolute Gasteiger partial charge is 0.480 e. The average Bonchev–Trinajstić information content (AvgIpc) is 2.29. The quantitative estimate of drug-likeness (QED) is 0.873. The number of benzene rings is 1. The number of hydrogen-bond donors (Lipinski definition) is 2. The van der Waals surface area contributed by atoms with Crippen LogP contribution in [0.4, 0.5) is 0 Å². The average molecular weight is 328 g/mol. The lowest BCUT2D eigenvalue weighted by Gasteiger charge is -2.18. The maximum absolute atomic E-state index is 11.9. The first-order valence-corrected chi connectivity index (χ1v) is 6.87. The van der Waals surface area contributed by atoms with Gasteiger partial charge in [0.05, 0.1) is 6.42 Å². The van der Waals surface area contributed by atoms with Gasteiger partial charge in [0.2, 0.25) is 5.91 Å². The van der Waals surface area contributed by atoms with Gasteiger partial charge in [-0.3, -0.25) is 4.79 Å². The zero-order valence-corrected chi connectivity index (χ0v) is 12.8. The summed E-state index contributed by atoms with van der Waals surface area (Å²) in [4.78, 5) is 22.9. The highest BCUT2D eigenvalue weighted by Crippen LogP contribution is 2.16. The second-order valence-corrected chi connectivity index (χ2v) is 5.79. The second-order valence-electron chi connectivity index (χ2n) is 4.88. The topological polar surface area (TPSA) is 66.4 Å². The van der Waals surface area contributed by atoms with Gasteiger partial charge < -0.3 is 10.4 Å². The molecule has 0 radical (unpaired) electrons. The number of carboxylic acid groups (broad SMARTS) is 1. The first-order chi connectivity index (χ1) is 8.81. The van der Waals surface area contributed by atoms with Crippen LogP contribution in [0.25, 0.3) is 0 Å². The summed E-state index contributed by atoms with van der Waals surface area (Å²) in [5.41, 5.74) is 1.90. The van der Waals surface area contributed by atoms with E-state index in [0.29, 0.717) is 0 Å². The molecular formula is C14H18BrNO3. The van der Waals surface area contributed by atoms with Crippen molar-refractivity contribution in [3.8, 4) is 0 Å². The Kier molecular flexibility index (Phi) is 5.54. The molecule has 1 unspecified atom stereocenters. The Morgan fingerprint density at radius 1 is 1.37 bits per heavy atom. The minimum atomic E-state index is -1.00. The van der Waals surface area contributed by atoms with E-state index in [2.05, 4.69) is 21.2 Å². The Morgan fingerprint density at radius 2 is 2.00 bits per heavy atom. The van der Waals surface area contributed by atoms with Gasteiger partial charge in [0, 0.05) is 4.47 Å². The third-order valence-electron chi connectivity index (χ3n) is 2.90. The molecule has 0 spiro atoms. The summed E-state index contributed by atoms with van der Waals surface area (Å²) in [6.07, 6.45) is 0.190. The number of carboxylic acids is 1. The summed E-state index contributed by atoms with van der Waals surface area (Å²) >= 11 is 3.36. The Hall–Kier alpha value is -1.36. The van der Waals surface area contributed by atoms with Crippen molar-refractivity contribution >= 4 is 27.8 Å². The fourth-order valence-electron chi connectivity index (χ4n) is 1.77. The predicted molar refractivity (Wildman–Crippen MR) is 77.0 cm³/mol. The molecule has 0 fully saturated rings. The first kappa shape index (κ1) is 15.7. The molecule has 0 aliphatic rings. The molecule has 19 heavy (non-hydrogen) atoms. The summed E-state index contributed by atoms with van der Waals surface area (Å²) in [6, 6.07) is 4.82. The molecule has 104 valence electrons. The predicted octanol–water partition coefficient (Wildman–Crippen LogP) is 2.53. The zero-order chi connectivity index (χ0) is 14.6. The van der Waals surface area contributed by atoms with Crippen LogP contribution in [0.15, 0.2) is 22.7 Å². The molecule has 2 N–H and O–H groups in total. The lowest BCUT2D eigenvalue weighted by molar-refractivity contribution is -0.143. The molecule has 5 heteroatoms. The van der Waals surface area contributed by atoms with Crippen LogP contribution >= 0.6 is 15.9 Å². The van der Waals surface area contributed by atoms with Crippen LogP contribution in [0.2, 0.25) is 0 Å². The van der Waals surface area contributed by atoms with Crippen LogP contribution in [-0.4, -0.2) is 23.0 Å². The van der Waals surface area contributed by atoms with E-state index in [1.54, 1.807) is 13.8 Å². The van der Waals surface area contributed by atoms with Crippen molar-refractivity contribution in [3.63, 3.8) is 0 Å². The lowest BCUT2D eigenvalue weighted by Crippen LogP contribution is -2.44. The number of aliphatic carboxylic acids is 1. The first-order valence-electron chi connectivity index (χ1n) is 6.08. The van der Waals surface area contributed by atoms with Gasteiger partial charge in [0.1, 0.15) is 6.04 Å². The summed E-state index contributed by atoms with van der Waals surface area (Å²) in [6.45, 7) is 5.46. The Labute approximate surface area is 121 Å². The van der Waals surface area contributed by atoms with E-state index in [-0.39, 0.29) is 18.2 Å². The van der Waals surface area contributed by atoms with Gasteiger partial charge in [-0.25, -0.2) is 4.79 Å². The third-order valence-corrected chi connectivity index (χ3v) is 3.40. The van der Waals surface area contributed by atoms with Crippen LogP contribution in [0.1, 0.15) is 25.0 Å². The van der Waals surface area contributed by atoms with Crippen molar-refractivity contribution in [2.45, 2.75) is 33.2 Å². The highest BCUT2D eigenvalue weighted by molar-refractivity contribution is 9.10. The third kappa shape index (κ3) is 4.67. The van der Waals surface area contributed by atoms with E-state index in [1.807, 2.05) is 25.1 Å². The summed E-state index contributed by atoms with van der Waals surface area (Å²) in [7, 11) is 0. The summed E-state index contributed by atoms with van der Waals surface area (Å²) < 4.78 is 0.958. The minimum absolute atomic E-state index is 0.146. The standard InChI is InChI=1S/C14H18BrNO3/c1-8(2)13(14(18)19)16-12(17)7-10-4-5-11(15)6-9(10)3/h4-6,8,13H,7H2,1-3H3,(H,16,17)(H,18,19). The fraction of sp³-hybridized carbons (Fsp3) is 0.429. The van der Waals surface area contributed by atoms with Gasteiger partial charge in [-0.05, 0) is 36.1 Å². The molecule has 1 amide bonds. The van der Waals surface area contributed by atoms with Crippen molar-refractivity contribution in [3.05, 3.63) is 33.8 Å². The van der Waals surface area contributed by atoms with Gasteiger partial charge in [0.25, 0.3) is 0 Å². The van der Waals surface area contributed by atoms with Gasteiger partial charge in [-0.1, -0.05) is 35.8 Å². The molecule has 1 atom stereocenters. The zero-order valence-electron chi connectivity index (χ0n) is 11.2. The maximum Gasteiger partial charge on any atom is 0.326 e. The molecule has 4 nitrogen and oxygen atoms in total. The van der Waals surface area contributed by atoms with Crippen LogP contribution in [0, 0.1) is 12.8 Å². The molecule has 1 rings (SSSR count). The number of carbonyl (C=O) groups excluding carboxylic acids is 1. The summed E-state index contributed by atoms with van der Waals surface area (Å²) in [5.74, 6) is -1.42. The number of hydrogen-bond acceptors (Lipinski definition) is 2. The van der Waals surface area contributed by atoms with E-state index < -0.39 is 12.0 Å². The van der Waals surface area contributed by atoms with Crippen LogP contribution in [-0.2, 0) is 16.0 Å². The Bertz CT molecular complexity index is 486. The second kappa shape index (κ2) is 6.70. The number of nitrogens with one attached hydrogen (secondary N) is 1.